The Morgan fingerprint density at radius 3 is 0.958 bits per heavy atom. The first-order valence-electron chi connectivity index (χ1n) is 21.0. The Bertz CT molecular complexity index is 2570. The Morgan fingerprint density at radius 1 is 0.403 bits per heavy atom. The fourth-order valence-electron chi connectivity index (χ4n) is 6.21. The third-order valence-electron chi connectivity index (χ3n) is 9.68. The number of rotatable bonds is 0. The van der Waals surface area contributed by atoms with Crippen molar-refractivity contribution in [1.82, 2.24) is 21.3 Å². The molecule has 72 heavy (non-hydrogen) atoms. The van der Waals surface area contributed by atoms with Gasteiger partial charge in [0.25, 0.3) is 23.6 Å². The minimum atomic E-state index is -0.623. The van der Waals surface area contributed by atoms with Gasteiger partial charge in [-0.2, -0.15) is 0 Å². The molecule has 4 aromatic rings. The fourth-order valence-corrected chi connectivity index (χ4v) is 11.8. The average molecular weight is 1320 g/mol. The van der Waals surface area contributed by atoms with Crippen LogP contribution in [0.15, 0.2) is 99.2 Å². The molecule has 3 aliphatic heterocycles. The molecule has 0 spiro atoms. The molecule has 8 bridgehead atoms. The molecule has 0 unspecified atom stereocenters. The number of amides is 4. The summed E-state index contributed by atoms with van der Waals surface area (Å²) in [5, 5.41) is 84.1. The number of halogens is 4. The first-order valence-corrected chi connectivity index (χ1v) is 29.2. The zero-order chi connectivity index (χ0) is 52.2. The van der Waals surface area contributed by atoms with Crippen LogP contribution in [0.5, 0.6) is 34.5 Å². The van der Waals surface area contributed by atoms with Crippen molar-refractivity contribution in [2.24, 2.45) is 20.6 Å². The number of ether oxygens (including phenoxy) is 2. The van der Waals surface area contributed by atoms with Gasteiger partial charge in [0.05, 0.1) is 17.9 Å². The lowest BCUT2D eigenvalue weighted by Crippen LogP contribution is -2.34. The summed E-state index contributed by atoms with van der Waals surface area (Å²) >= 11 is 13.5. The van der Waals surface area contributed by atoms with E-state index in [0.717, 1.165) is 0 Å². The number of benzene rings is 4. The summed E-state index contributed by atoms with van der Waals surface area (Å²) < 4.78 is 13.4. The number of hydrogen-bond acceptors (Lipinski definition) is 20. The smallest absolute Gasteiger partial charge is 0.269 e. The van der Waals surface area contributed by atoms with E-state index >= 15 is 0 Å². The first kappa shape index (κ1) is 58.1. The third kappa shape index (κ3) is 17.7. The Balaban J connectivity index is 1.25. The molecule has 3 heterocycles. The zero-order valence-electron chi connectivity index (χ0n) is 37.3. The van der Waals surface area contributed by atoms with E-state index in [1.165, 1.54) is 55.3 Å². The van der Waals surface area contributed by atoms with E-state index in [2.05, 4.69) is 106 Å². The predicted octanol–water partition coefficient (Wildman–Crippen LogP) is 8.16. The maximum Gasteiger partial charge on any atom is 0.269 e. The van der Waals surface area contributed by atoms with Gasteiger partial charge in [-0.3, -0.25) is 19.2 Å². The van der Waals surface area contributed by atoms with E-state index in [1.54, 1.807) is 48.5 Å². The van der Waals surface area contributed by atoms with Gasteiger partial charge in [0, 0.05) is 74.9 Å². The van der Waals surface area contributed by atoms with E-state index in [1.807, 2.05) is 0 Å². The number of fused-ring (bicyclic) bond motifs is 2. The minimum absolute atomic E-state index is 0.0168. The normalized spacial score (nSPS) is 18.6. The molecule has 10 N–H and O–H groups in total. The summed E-state index contributed by atoms with van der Waals surface area (Å²) in [6.07, 6.45) is -0.325. The molecule has 4 amide bonds. The molecule has 0 aliphatic carbocycles. The summed E-state index contributed by atoms with van der Waals surface area (Å²) in [6.45, 7) is 0.925. The average Bonchev–Trinajstić information content (AvgIpc) is 3.36. The highest BCUT2D eigenvalue weighted by Gasteiger charge is 2.21. The largest absolute Gasteiger partial charge is 0.503 e. The number of carbonyl (C=O) groups excluding carboxylic acids is 4. The highest BCUT2D eigenvalue weighted by molar-refractivity contribution is 9.11. The highest BCUT2D eigenvalue weighted by atomic mass is 79.9. The summed E-state index contributed by atoms with van der Waals surface area (Å²) in [5.74, 6) is -0.385. The van der Waals surface area contributed by atoms with Gasteiger partial charge in [0.1, 0.15) is 34.3 Å². The minimum Gasteiger partial charge on any atom is -0.503 e. The molecule has 0 aromatic heterocycles. The molecule has 4 aromatic carbocycles. The van der Waals surface area contributed by atoms with Crippen LogP contribution in [-0.2, 0) is 44.9 Å². The molecular formula is C44H44Br4N8O12S4. The highest BCUT2D eigenvalue weighted by Crippen LogP contribution is 2.42. The van der Waals surface area contributed by atoms with Crippen molar-refractivity contribution in [3.63, 3.8) is 0 Å². The molecular weight excluding hydrogens is 1280 g/mol. The zero-order valence-corrected chi connectivity index (χ0v) is 46.9. The molecule has 20 nitrogen and oxygen atoms in total. The lowest BCUT2D eigenvalue weighted by atomic mass is 10.1. The Hall–Kier alpha value is -4.84. The van der Waals surface area contributed by atoms with Crippen molar-refractivity contribution < 1.29 is 59.7 Å². The second-order valence-corrected chi connectivity index (χ2v) is 23.6. The van der Waals surface area contributed by atoms with Gasteiger partial charge < -0.3 is 61.8 Å². The fraction of sp³-hybridized carbons (Fsp3) is 0.273. The van der Waals surface area contributed by atoms with Crippen LogP contribution in [0.3, 0.4) is 0 Å². The monoisotopic (exact) mass is 1320 g/mol. The number of phenols is 2. The van der Waals surface area contributed by atoms with Gasteiger partial charge in [-0.25, -0.2) is 0 Å². The molecule has 0 saturated heterocycles. The van der Waals surface area contributed by atoms with Crippen molar-refractivity contribution >= 4 is 153 Å². The summed E-state index contributed by atoms with van der Waals surface area (Å²) in [4.78, 5) is 51.7. The van der Waals surface area contributed by atoms with Gasteiger partial charge in [0.15, 0.2) is 23.0 Å². The number of oxime groups is 4. The van der Waals surface area contributed by atoms with Crippen LogP contribution in [0.1, 0.15) is 22.3 Å². The lowest BCUT2D eigenvalue weighted by molar-refractivity contribution is -0.115. The number of phenolic OH excluding ortho intramolecular Hbond substituents is 2. The molecule has 3 aliphatic rings. The standard InChI is InChI=1S/C44H44Br4N8O12S4/c45-27-13-23-1-3-35(27)67-37-21-25(15-29(47)39(37)57)19-33(55-65)43(61)51-7-11-71-72-12-8-52-44(62)34(56-66)20-26-16-30(48)40(58)38(22-26)68-36-4-2-24(14-28(36)46)18-32(54-64)42(60)50-6-10-70-69-9-5-49-41(59)31(17-23)53-63/h1-4,13-16,21-22,57-58,63-66H,5-12,17-20H2,(H,49,59)(H,50,60)(H,51,61)(H,52,62)/b53-31+,54-32+,55-33+,56-34+. The van der Waals surface area contributed by atoms with Crippen LogP contribution in [0.4, 0.5) is 0 Å². The molecule has 28 heteroatoms. The van der Waals surface area contributed by atoms with Crippen LogP contribution >= 0.6 is 107 Å². The molecule has 0 atom stereocenters. The van der Waals surface area contributed by atoms with Crippen LogP contribution < -0.4 is 30.7 Å². The van der Waals surface area contributed by atoms with Crippen LogP contribution in [0.2, 0.25) is 0 Å². The maximum absolute atomic E-state index is 13.0. The topological polar surface area (TPSA) is 306 Å². The Morgan fingerprint density at radius 2 is 0.681 bits per heavy atom. The van der Waals surface area contributed by atoms with Gasteiger partial charge >= 0.3 is 0 Å². The number of aromatic hydroxyl groups is 2. The van der Waals surface area contributed by atoms with E-state index in [9.17, 15) is 50.2 Å². The Kier molecular flexibility index (Phi) is 24.0. The van der Waals surface area contributed by atoms with Crippen molar-refractivity contribution in [2.75, 3.05) is 49.2 Å². The molecule has 0 radical (unpaired) electrons. The van der Waals surface area contributed by atoms with E-state index in [-0.39, 0.29) is 118 Å². The maximum atomic E-state index is 13.0. The molecule has 7 rings (SSSR count). The summed E-state index contributed by atoms with van der Waals surface area (Å²) in [6, 6.07) is 15.8. The van der Waals surface area contributed by atoms with Crippen molar-refractivity contribution in [1.29, 1.82) is 0 Å². The van der Waals surface area contributed by atoms with Crippen LogP contribution in [0, 0.1) is 0 Å². The second-order valence-electron chi connectivity index (χ2n) is 14.8. The van der Waals surface area contributed by atoms with Crippen LogP contribution in [-0.4, -0.2) is 127 Å². The molecule has 384 valence electrons. The number of nitrogens with one attached hydrogen (secondary N) is 4. The molecule has 0 fully saturated rings. The number of carbonyl (C=O) groups is 4. The summed E-state index contributed by atoms with van der Waals surface area (Å²) in [5.41, 5.74) is 1.41. The van der Waals surface area contributed by atoms with Crippen molar-refractivity contribution in [2.45, 2.75) is 25.7 Å². The first-order chi connectivity index (χ1) is 34.6. The van der Waals surface area contributed by atoms with Gasteiger partial charge in [-0.15, -0.1) is 0 Å². The van der Waals surface area contributed by atoms with E-state index in [0.29, 0.717) is 54.2 Å². The third-order valence-corrected chi connectivity index (χ3v) is 16.9. The summed E-state index contributed by atoms with van der Waals surface area (Å²) in [7, 11) is 5.72. The van der Waals surface area contributed by atoms with Crippen LogP contribution in [0.25, 0.3) is 0 Å². The molecule has 0 saturated carbocycles. The van der Waals surface area contributed by atoms with E-state index in [4.69, 9.17) is 9.47 Å². The van der Waals surface area contributed by atoms with Crippen molar-refractivity contribution in [3.05, 3.63) is 101 Å². The second kappa shape index (κ2) is 29.8. The van der Waals surface area contributed by atoms with Gasteiger partial charge in [0.2, 0.25) is 0 Å². The predicted molar refractivity (Wildman–Crippen MR) is 294 cm³/mol. The Labute approximate surface area is 461 Å². The van der Waals surface area contributed by atoms with Crippen molar-refractivity contribution in [3.8, 4) is 34.5 Å². The SMILES string of the molecule is O=C1NCCSSCCNC(=O)/C(=N/O)Cc2ccc(c(Br)c2)Oc2cc(cc(Br)c2O)C/C(=N\O)C(=O)NCCSSCCNC(=O)/C(=N/O)Cc2cc(Br)c(O)c(c2)Oc2ccc(cc2Br)C/C1=N\O. The van der Waals surface area contributed by atoms with Gasteiger partial charge in [-0.1, -0.05) is 75.9 Å². The lowest BCUT2D eigenvalue weighted by Gasteiger charge is -2.14. The quantitative estimate of drug-likeness (QED) is 0.0451. The van der Waals surface area contributed by atoms with E-state index < -0.39 is 23.6 Å². The number of nitrogens with zero attached hydrogens (tertiary/aromatic N) is 4. The number of hydrogen-bond donors (Lipinski definition) is 10. The van der Waals surface area contributed by atoms with Gasteiger partial charge in [-0.05, 0) is 135 Å².